The van der Waals surface area contributed by atoms with Gasteiger partial charge in [-0.15, -0.1) is 0 Å². The maximum atomic E-state index is 12.5. The number of fused-ring (bicyclic) bond motifs is 1. The second kappa shape index (κ2) is 5.95. The summed E-state index contributed by atoms with van der Waals surface area (Å²) in [5, 5.41) is 3.34. The Balaban J connectivity index is 1.73. The van der Waals surface area contributed by atoms with Crippen LogP contribution in [0, 0.1) is 6.92 Å². The monoisotopic (exact) mass is 276 g/mol. The van der Waals surface area contributed by atoms with E-state index < -0.39 is 0 Å². The van der Waals surface area contributed by atoms with Gasteiger partial charge in [-0.05, 0) is 45.6 Å². The van der Waals surface area contributed by atoms with Crippen molar-refractivity contribution < 1.29 is 4.79 Å². The molecule has 0 saturated carbocycles. The van der Waals surface area contributed by atoms with Crippen LogP contribution >= 0.6 is 0 Å². The summed E-state index contributed by atoms with van der Waals surface area (Å²) in [6.07, 6.45) is 5.65. The molecular weight excluding hydrogens is 252 g/mol. The SMILES string of the molecule is Cc1nc2c(n1CC(=O)N1CCCNCC1)CCCC2. The van der Waals surface area contributed by atoms with Gasteiger partial charge in [0.05, 0.1) is 5.69 Å². The average Bonchev–Trinajstić information content (AvgIpc) is 2.66. The molecule has 0 aromatic carbocycles. The maximum absolute atomic E-state index is 12.5. The number of aryl methyl sites for hydroxylation is 2. The highest BCUT2D eigenvalue weighted by Crippen LogP contribution is 2.22. The van der Waals surface area contributed by atoms with Crippen molar-refractivity contribution in [3.8, 4) is 0 Å². The zero-order valence-electron chi connectivity index (χ0n) is 12.3. The molecule has 1 saturated heterocycles. The number of amides is 1. The van der Waals surface area contributed by atoms with Crippen molar-refractivity contribution in [2.75, 3.05) is 26.2 Å². The Kier molecular flexibility index (Phi) is 4.05. The van der Waals surface area contributed by atoms with Crippen molar-refractivity contribution in [1.82, 2.24) is 19.8 Å². The molecule has 0 bridgehead atoms. The Morgan fingerprint density at radius 1 is 1.20 bits per heavy atom. The Morgan fingerprint density at radius 2 is 2.05 bits per heavy atom. The first kappa shape index (κ1) is 13.6. The molecule has 0 atom stereocenters. The number of carbonyl (C=O) groups is 1. The van der Waals surface area contributed by atoms with Crippen LogP contribution in [0.2, 0.25) is 0 Å². The number of rotatable bonds is 2. The minimum Gasteiger partial charge on any atom is -0.340 e. The molecule has 1 fully saturated rings. The smallest absolute Gasteiger partial charge is 0.242 e. The fourth-order valence-electron chi connectivity index (χ4n) is 3.28. The van der Waals surface area contributed by atoms with E-state index in [9.17, 15) is 4.79 Å². The third kappa shape index (κ3) is 2.73. The van der Waals surface area contributed by atoms with Crippen LogP contribution in [0.4, 0.5) is 0 Å². The number of hydrogen-bond donors (Lipinski definition) is 1. The summed E-state index contributed by atoms with van der Waals surface area (Å²) in [7, 11) is 0. The van der Waals surface area contributed by atoms with Crippen molar-refractivity contribution in [2.45, 2.75) is 45.6 Å². The van der Waals surface area contributed by atoms with Gasteiger partial charge in [-0.25, -0.2) is 4.98 Å². The van der Waals surface area contributed by atoms with Crippen LogP contribution < -0.4 is 5.32 Å². The largest absolute Gasteiger partial charge is 0.340 e. The minimum atomic E-state index is 0.238. The van der Waals surface area contributed by atoms with E-state index in [2.05, 4.69) is 14.9 Å². The predicted molar refractivity (Wildman–Crippen MR) is 77.7 cm³/mol. The molecular formula is C15H24N4O. The summed E-state index contributed by atoms with van der Waals surface area (Å²) in [6, 6.07) is 0. The van der Waals surface area contributed by atoms with Crippen LogP contribution in [0.25, 0.3) is 0 Å². The molecule has 2 heterocycles. The lowest BCUT2D eigenvalue weighted by molar-refractivity contribution is -0.131. The lowest BCUT2D eigenvalue weighted by Crippen LogP contribution is -2.37. The number of aromatic nitrogens is 2. The number of nitrogens with zero attached hydrogens (tertiary/aromatic N) is 3. The maximum Gasteiger partial charge on any atom is 0.242 e. The first-order valence-electron chi connectivity index (χ1n) is 7.79. The molecule has 1 aliphatic heterocycles. The van der Waals surface area contributed by atoms with E-state index in [0.717, 1.165) is 51.3 Å². The fraction of sp³-hybridized carbons (Fsp3) is 0.733. The Hall–Kier alpha value is -1.36. The summed E-state index contributed by atoms with van der Waals surface area (Å²) in [5.41, 5.74) is 2.52. The molecule has 1 aromatic heterocycles. The molecule has 1 amide bonds. The molecule has 20 heavy (non-hydrogen) atoms. The Bertz CT molecular complexity index is 486. The normalized spacial score (nSPS) is 19.6. The summed E-state index contributed by atoms with van der Waals surface area (Å²) in [4.78, 5) is 19.1. The summed E-state index contributed by atoms with van der Waals surface area (Å²) in [5.74, 6) is 1.24. The lowest BCUT2D eigenvalue weighted by Gasteiger charge is -2.22. The fourth-order valence-corrected chi connectivity index (χ4v) is 3.28. The highest BCUT2D eigenvalue weighted by atomic mass is 16.2. The van der Waals surface area contributed by atoms with E-state index >= 15 is 0 Å². The predicted octanol–water partition coefficient (Wildman–Crippen LogP) is 0.892. The Morgan fingerprint density at radius 3 is 2.95 bits per heavy atom. The summed E-state index contributed by atoms with van der Waals surface area (Å²) >= 11 is 0. The highest BCUT2D eigenvalue weighted by Gasteiger charge is 2.22. The van der Waals surface area contributed by atoms with E-state index in [1.165, 1.54) is 24.2 Å². The van der Waals surface area contributed by atoms with E-state index in [0.29, 0.717) is 6.54 Å². The van der Waals surface area contributed by atoms with Crippen molar-refractivity contribution in [3.05, 3.63) is 17.2 Å². The van der Waals surface area contributed by atoms with Crippen LogP contribution in [-0.4, -0.2) is 46.5 Å². The zero-order valence-corrected chi connectivity index (χ0v) is 12.3. The number of carbonyl (C=O) groups excluding carboxylic acids is 1. The van der Waals surface area contributed by atoms with Crippen molar-refractivity contribution in [1.29, 1.82) is 0 Å². The van der Waals surface area contributed by atoms with E-state index in [-0.39, 0.29) is 5.91 Å². The van der Waals surface area contributed by atoms with E-state index in [4.69, 9.17) is 0 Å². The standard InChI is InChI=1S/C15H24N4O/c1-12-17-13-5-2-3-6-14(13)19(12)11-15(20)18-9-4-7-16-8-10-18/h16H,2-11H2,1H3. The van der Waals surface area contributed by atoms with Crippen LogP contribution in [0.15, 0.2) is 0 Å². The van der Waals surface area contributed by atoms with Gasteiger partial charge in [0, 0.05) is 25.3 Å². The Labute approximate surface area is 120 Å². The van der Waals surface area contributed by atoms with Crippen molar-refractivity contribution in [2.24, 2.45) is 0 Å². The molecule has 0 unspecified atom stereocenters. The van der Waals surface area contributed by atoms with Gasteiger partial charge in [0.15, 0.2) is 0 Å². The molecule has 2 aliphatic rings. The van der Waals surface area contributed by atoms with Crippen LogP contribution in [-0.2, 0) is 24.2 Å². The van der Waals surface area contributed by atoms with Crippen LogP contribution in [0.1, 0.15) is 36.5 Å². The van der Waals surface area contributed by atoms with Crippen molar-refractivity contribution in [3.63, 3.8) is 0 Å². The minimum absolute atomic E-state index is 0.238. The topological polar surface area (TPSA) is 50.2 Å². The number of hydrogen-bond acceptors (Lipinski definition) is 3. The third-order valence-electron chi connectivity index (χ3n) is 4.41. The van der Waals surface area contributed by atoms with Gasteiger partial charge in [0.25, 0.3) is 0 Å². The first-order chi connectivity index (χ1) is 9.75. The molecule has 110 valence electrons. The van der Waals surface area contributed by atoms with Gasteiger partial charge < -0.3 is 14.8 Å². The van der Waals surface area contributed by atoms with Gasteiger partial charge in [-0.3, -0.25) is 4.79 Å². The first-order valence-corrected chi connectivity index (χ1v) is 7.79. The molecule has 3 rings (SSSR count). The van der Waals surface area contributed by atoms with Gasteiger partial charge in [0.2, 0.25) is 5.91 Å². The molecule has 0 radical (unpaired) electrons. The van der Waals surface area contributed by atoms with Crippen LogP contribution in [0.5, 0.6) is 0 Å². The molecule has 1 aromatic rings. The summed E-state index contributed by atoms with van der Waals surface area (Å²) in [6.45, 7) is 6.12. The number of nitrogens with one attached hydrogen (secondary N) is 1. The molecule has 5 heteroatoms. The van der Waals surface area contributed by atoms with Crippen LogP contribution in [0.3, 0.4) is 0 Å². The van der Waals surface area contributed by atoms with E-state index in [1.807, 2.05) is 11.8 Å². The molecule has 5 nitrogen and oxygen atoms in total. The average molecular weight is 276 g/mol. The van der Waals surface area contributed by atoms with Gasteiger partial charge in [-0.2, -0.15) is 0 Å². The van der Waals surface area contributed by atoms with Gasteiger partial charge in [0.1, 0.15) is 12.4 Å². The van der Waals surface area contributed by atoms with Gasteiger partial charge in [-0.1, -0.05) is 0 Å². The second-order valence-electron chi connectivity index (χ2n) is 5.83. The molecule has 1 aliphatic carbocycles. The highest BCUT2D eigenvalue weighted by molar-refractivity contribution is 5.76. The summed E-state index contributed by atoms with van der Waals surface area (Å²) < 4.78 is 2.15. The van der Waals surface area contributed by atoms with E-state index in [1.54, 1.807) is 0 Å². The van der Waals surface area contributed by atoms with Gasteiger partial charge >= 0.3 is 0 Å². The third-order valence-corrected chi connectivity index (χ3v) is 4.41. The molecule has 0 spiro atoms. The van der Waals surface area contributed by atoms with Crippen molar-refractivity contribution >= 4 is 5.91 Å². The zero-order chi connectivity index (χ0) is 13.9. The quantitative estimate of drug-likeness (QED) is 0.873. The second-order valence-corrected chi connectivity index (χ2v) is 5.83. The lowest BCUT2D eigenvalue weighted by atomic mass is 10.0. The molecule has 1 N–H and O–H groups in total. The number of imidazole rings is 1.